The van der Waals surface area contributed by atoms with Gasteiger partial charge in [-0.1, -0.05) is 30.3 Å². The second kappa shape index (κ2) is 2.67. The Bertz CT molecular complexity index is 163. The molecule has 0 spiro atoms. The molecule has 0 aromatic heterocycles. The summed E-state index contributed by atoms with van der Waals surface area (Å²) in [4.78, 5) is 0. The third-order valence-electron chi connectivity index (χ3n) is 1.27. The Morgan fingerprint density at radius 1 is 1.00 bits per heavy atom. The second-order valence-corrected chi connectivity index (χ2v) is 2.11. The van der Waals surface area contributed by atoms with Crippen molar-refractivity contribution in [3.8, 4) is 0 Å². The van der Waals surface area contributed by atoms with Gasteiger partial charge in [-0.25, -0.2) is 0 Å². The van der Waals surface area contributed by atoms with E-state index in [1.807, 2.05) is 30.3 Å². The van der Waals surface area contributed by atoms with Gasteiger partial charge in [-0.05, 0) is 25.3 Å². The first-order valence-electron chi connectivity index (χ1n) is 3.02. The molecule has 0 saturated heterocycles. The van der Waals surface area contributed by atoms with Crippen molar-refractivity contribution < 1.29 is 0 Å². The molecule has 0 heteroatoms. The summed E-state index contributed by atoms with van der Waals surface area (Å²) in [6, 6.07) is 10.1. The Morgan fingerprint density at radius 3 is 1.89 bits per heavy atom. The van der Waals surface area contributed by atoms with Gasteiger partial charge >= 0.3 is 0 Å². The molecule has 0 atom stereocenters. The molecule has 0 unspecified atom stereocenters. The van der Waals surface area contributed by atoms with Gasteiger partial charge in [0.2, 0.25) is 0 Å². The smallest absolute Gasteiger partial charge is 0.0162 e. The summed E-state index contributed by atoms with van der Waals surface area (Å²) < 4.78 is 0. The highest BCUT2D eigenvalue weighted by Crippen LogP contribution is 2.10. The number of hydrogen-bond acceptors (Lipinski definition) is 0. The first-order valence-corrected chi connectivity index (χ1v) is 3.02. The van der Waals surface area contributed by atoms with Crippen LogP contribution in [0.3, 0.4) is 0 Å². The molecule has 46 valence electrons. The van der Waals surface area contributed by atoms with E-state index in [2.05, 4.69) is 13.8 Å². The summed E-state index contributed by atoms with van der Waals surface area (Å²) >= 11 is 0. The van der Waals surface area contributed by atoms with Gasteiger partial charge < -0.3 is 0 Å². The van der Waals surface area contributed by atoms with E-state index in [0.717, 1.165) is 0 Å². The van der Waals surface area contributed by atoms with Gasteiger partial charge in [-0.15, -0.1) is 0 Å². The van der Waals surface area contributed by atoms with Crippen molar-refractivity contribution in [3.05, 3.63) is 49.7 Å². The maximum absolute atomic E-state index is 3.80. The van der Waals surface area contributed by atoms with Gasteiger partial charge in [-0.3, -0.25) is 0 Å². The van der Waals surface area contributed by atoms with Gasteiger partial charge in [0.1, 0.15) is 0 Å². The van der Waals surface area contributed by atoms with Gasteiger partial charge in [0.25, 0.3) is 0 Å². The van der Waals surface area contributed by atoms with Crippen molar-refractivity contribution in [2.24, 2.45) is 0 Å². The number of rotatable bonds is 1. The molecule has 0 bridgehead atoms. The molecule has 0 aliphatic rings. The average molecular weight is 118 g/mol. The fraction of sp³-hybridized carbons (Fsp3) is 0.111. The highest BCUT2D eigenvalue weighted by atomic mass is 14.0. The summed E-state index contributed by atoms with van der Waals surface area (Å²) in [6.45, 7) is 7.60. The van der Waals surface area contributed by atoms with Crippen LogP contribution in [0.4, 0.5) is 0 Å². The normalized spacial score (nSPS) is 10.1. The third kappa shape index (κ3) is 1.56. The Hall–Kier alpha value is -0.780. The summed E-state index contributed by atoms with van der Waals surface area (Å²) in [5.74, 6) is 0.159. The zero-order valence-electron chi connectivity index (χ0n) is 5.38. The Kier molecular flexibility index (Phi) is 1.88. The quantitative estimate of drug-likeness (QED) is 0.531. The van der Waals surface area contributed by atoms with Crippen molar-refractivity contribution in [2.45, 2.75) is 5.92 Å². The predicted octanol–water partition coefficient (Wildman–Crippen LogP) is 2.44. The molecule has 0 heterocycles. The van der Waals surface area contributed by atoms with E-state index in [4.69, 9.17) is 0 Å². The average Bonchev–Trinajstić information content (AvgIpc) is 1.90. The van der Waals surface area contributed by atoms with Crippen molar-refractivity contribution in [1.29, 1.82) is 0 Å². The molecular formula is C9H10. The van der Waals surface area contributed by atoms with Gasteiger partial charge in [0.05, 0.1) is 0 Å². The van der Waals surface area contributed by atoms with E-state index in [-0.39, 0.29) is 5.92 Å². The molecule has 9 heavy (non-hydrogen) atoms. The van der Waals surface area contributed by atoms with E-state index in [9.17, 15) is 0 Å². The lowest BCUT2D eigenvalue weighted by Gasteiger charge is -2.01. The van der Waals surface area contributed by atoms with E-state index in [1.165, 1.54) is 5.56 Å². The molecule has 2 radical (unpaired) electrons. The molecule has 1 aromatic carbocycles. The highest BCUT2D eigenvalue weighted by Gasteiger charge is 1.93. The fourth-order valence-electron chi connectivity index (χ4n) is 0.725. The first kappa shape index (κ1) is 6.34. The molecule has 1 aromatic rings. The lowest BCUT2D eigenvalue weighted by atomic mass is 10.0. The van der Waals surface area contributed by atoms with Crippen LogP contribution in [0, 0.1) is 13.8 Å². The minimum Gasteiger partial charge on any atom is -0.0622 e. The van der Waals surface area contributed by atoms with E-state index in [1.54, 1.807) is 0 Å². The minimum atomic E-state index is 0.159. The van der Waals surface area contributed by atoms with Crippen LogP contribution in [-0.4, -0.2) is 0 Å². The van der Waals surface area contributed by atoms with E-state index < -0.39 is 0 Å². The maximum atomic E-state index is 3.80. The Labute approximate surface area is 56.5 Å². The predicted molar refractivity (Wildman–Crippen MR) is 39.9 cm³/mol. The molecule has 1 rings (SSSR count). The molecule has 0 nitrogen and oxygen atoms in total. The number of hydrogen-bond donors (Lipinski definition) is 0. The Balaban J connectivity index is 2.85. The maximum Gasteiger partial charge on any atom is -0.0162 e. The van der Waals surface area contributed by atoms with E-state index >= 15 is 0 Å². The fourth-order valence-corrected chi connectivity index (χ4v) is 0.725. The van der Waals surface area contributed by atoms with Gasteiger partial charge in [0.15, 0.2) is 0 Å². The molecule has 0 amide bonds. The molecule has 0 aliphatic heterocycles. The van der Waals surface area contributed by atoms with Crippen LogP contribution >= 0.6 is 0 Å². The molecule has 0 N–H and O–H groups in total. The van der Waals surface area contributed by atoms with Crippen LogP contribution < -0.4 is 0 Å². The van der Waals surface area contributed by atoms with Gasteiger partial charge in [0, 0.05) is 0 Å². The summed E-state index contributed by atoms with van der Waals surface area (Å²) in [6.07, 6.45) is 0. The van der Waals surface area contributed by atoms with E-state index in [0.29, 0.717) is 0 Å². The summed E-state index contributed by atoms with van der Waals surface area (Å²) in [5, 5.41) is 0. The largest absolute Gasteiger partial charge is 0.0622 e. The molecule has 0 aliphatic carbocycles. The molecule has 0 saturated carbocycles. The van der Waals surface area contributed by atoms with Crippen LogP contribution in [-0.2, 0) is 0 Å². The highest BCUT2D eigenvalue weighted by molar-refractivity contribution is 5.20. The monoisotopic (exact) mass is 118 g/mol. The lowest BCUT2D eigenvalue weighted by Crippen LogP contribution is -1.84. The minimum absolute atomic E-state index is 0.159. The van der Waals surface area contributed by atoms with Crippen LogP contribution in [0.15, 0.2) is 30.3 Å². The third-order valence-corrected chi connectivity index (χ3v) is 1.27. The first-order chi connectivity index (χ1) is 4.30. The Morgan fingerprint density at radius 2 is 1.56 bits per heavy atom. The molecule has 0 fully saturated rings. The standard InChI is InChI=1S/C9H10/c1-8(2)9-6-4-3-5-7-9/h3-8H,1-2H2. The van der Waals surface area contributed by atoms with Crippen LogP contribution in [0.2, 0.25) is 0 Å². The summed E-state index contributed by atoms with van der Waals surface area (Å²) in [7, 11) is 0. The summed E-state index contributed by atoms with van der Waals surface area (Å²) in [5.41, 5.74) is 1.19. The van der Waals surface area contributed by atoms with Gasteiger partial charge in [-0.2, -0.15) is 0 Å². The zero-order chi connectivity index (χ0) is 6.69. The van der Waals surface area contributed by atoms with Crippen LogP contribution in [0.5, 0.6) is 0 Å². The van der Waals surface area contributed by atoms with Crippen molar-refractivity contribution in [1.82, 2.24) is 0 Å². The van der Waals surface area contributed by atoms with Crippen molar-refractivity contribution in [2.75, 3.05) is 0 Å². The van der Waals surface area contributed by atoms with Crippen molar-refractivity contribution >= 4 is 0 Å². The van der Waals surface area contributed by atoms with Crippen molar-refractivity contribution in [3.63, 3.8) is 0 Å². The van der Waals surface area contributed by atoms with Crippen LogP contribution in [0.1, 0.15) is 11.5 Å². The SMILES string of the molecule is [CH2]C([CH2])c1ccccc1. The van der Waals surface area contributed by atoms with Crippen LogP contribution in [0.25, 0.3) is 0 Å². The zero-order valence-corrected chi connectivity index (χ0v) is 5.38. The lowest BCUT2D eigenvalue weighted by molar-refractivity contribution is 1.08. The second-order valence-electron chi connectivity index (χ2n) is 2.11. The number of benzene rings is 1. The molecular weight excluding hydrogens is 108 g/mol. The topological polar surface area (TPSA) is 0 Å².